The molecule has 0 N–H and O–H groups in total. The topological polar surface area (TPSA) is 58.0 Å². The summed E-state index contributed by atoms with van der Waals surface area (Å²) in [4.78, 5) is 23.0. The van der Waals surface area contributed by atoms with E-state index in [9.17, 15) is 0 Å². The van der Waals surface area contributed by atoms with Crippen LogP contribution in [0.1, 0.15) is 103 Å². The number of aromatic nitrogens is 4. The lowest BCUT2D eigenvalue weighted by Crippen LogP contribution is -2.16. The third-order valence-corrected chi connectivity index (χ3v) is 28.9. The molecule has 4 heterocycles. The van der Waals surface area contributed by atoms with Gasteiger partial charge in [-0.25, -0.2) is 0 Å². The molecular weight excluding hydrogens is 1560 g/mol. The number of fused-ring (bicyclic) bond motifs is 13. The zero-order valence-corrected chi connectivity index (χ0v) is 72.7. The van der Waals surface area contributed by atoms with E-state index in [2.05, 4.69) is 406 Å². The molecule has 129 heavy (non-hydrogen) atoms. The fourth-order valence-electron chi connectivity index (χ4n) is 22.7. The Kier molecular flexibility index (Phi) is 17.1. The van der Waals surface area contributed by atoms with Crippen molar-refractivity contribution in [2.75, 3.05) is 9.80 Å². The Bertz CT molecular complexity index is 8310. The van der Waals surface area contributed by atoms with Gasteiger partial charge in [-0.3, -0.25) is 19.9 Å². The summed E-state index contributed by atoms with van der Waals surface area (Å²) in [6.45, 7) is 14.3. The predicted octanol–water partition coefficient (Wildman–Crippen LogP) is 32.4. The van der Waals surface area contributed by atoms with E-state index in [-0.39, 0.29) is 22.2 Å². The summed E-state index contributed by atoms with van der Waals surface area (Å²) in [7, 11) is 0. The first kappa shape index (κ1) is 75.7. The molecule has 0 aliphatic heterocycles. The average molecular weight is 1650 g/mol. The molecule has 27 rings (SSSR count). The van der Waals surface area contributed by atoms with Crippen LogP contribution >= 0.6 is 0 Å². The number of benzene rings is 18. The van der Waals surface area contributed by atoms with Gasteiger partial charge in [0.2, 0.25) is 0 Å². The van der Waals surface area contributed by atoms with Crippen LogP contribution in [0.15, 0.2) is 401 Å². The molecule has 0 saturated heterocycles. The zero-order valence-electron chi connectivity index (χ0n) is 72.7. The van der Waals surface area contributed by atoms with Crippen molar-refractivity contribution in [3.8, 4) is 66.9 Å². The van der Waals surface area contributed by atoms with Crippen LogP contribution in [-0.4, -0.2) is 19.9 Å². The van der Waals surface area contributed by atoms with Crippen molar-refractivity contribution in [3.63, 3.8) is 0 Å². The molecule has 0 spiro atoms. The predicted molar refractivity (Wildman–Crippen MR) is 541 cm³/mol. The number of nitrogens with zero attached hydrogens (tertiary/aromatic N) is 6. The maximum absolute atomic E-state index is 4.89. The number of allylic oxidation sites excluding steroid dienone is 3. The second kappa shape index (κ2) is 29.2. The lowest BCUT2D eigenvalue weighted by molar-refractivity contribution is 0.660. The molecule has 5 aliphatic carbocycles. The van der Waals surface area contributed by atoms with Crippen molar-refractivity contribution < 1.29 is 0 Å². The van der Waals surface area contributed by atoms with Gasteiger partial charge < -0.3 is 9.80 Å². The maximum atomic E-state index is 4.89. The van der Waals surface area contributed by atoms with Gasteiger partial charge in [-0.2, -0.15) is 0 Å². The maximum Gasteiger partial charge on any atom is 0.0718 e. The summed E-state index contributed by atoms with van der Waals surface area (Å²) in [5.74, 6) is 0.249. The number of hydrogen-bond donors (Lipinski definition) is 0. The Morgan fingerprint density at radius 1 is 0.295 bits per heavy atom. The molecule has 6 nitrogen and oxygen atoms in total. The van der Waals surface area contributed by atoms with Gasteiger partial charge >= 0.3 is 0 Å². The summed E-state index contributed by atoms with van der Waals surface area (Å²) in [5.41, 5.74) is 37.9. The first-order valence-corrected chi connectivity index (χ1v) is 45.1. The third kappa shape index (κ3) is 11.8. The normalized spacial score (nSPS) is 14.7. The molecule has 1 unspecified atom stereocenters. The zero-order chi connectivity index (χ0) is 86.1. The van der Waals surface area contributed by atoms with Crippen molar-refractivity contribution in [2.24, 2.45) is 0 Å². The number of rotatable bonds is 10. The van der Waals surface area contributed by atoms with Gasteiger partial charge in [0.1, 0.15) is 0 Å². The van der Waals surface area contributed by atoms with Crippen molar-refractivity contribution in [2.45, 2.75) is 70.1 Å². The van der Waals surface area contributed by atoms with Gasteiger partial charge in [0.05, 0.1) is 16.9 Å². The largest absolute Gasteiger partial charge is 0.310 e. The Labute approximate surface area is 750 Å². The van der Waals surface area contributed by atoms with E-state index in [0.29, 0.717) is 0 Å². The SMILES string of the molecule is CC1(C)c2cc(-c3cccnc3)ccc2-c2c1cc1c3c4c(ccc23)C=CC(c2cccnc2)C4=CC1.CC1(C)c2cc(N(c3ccccc3)c3ccccc3)ccc2-c2c1cc1ccc3c(N(c4ccccc4)c4ccccc4)ccc4ccc2c1c43.CC1(C)c2ccccc2-c2c1cc1ccc3c(-c4ccc(-c5cnc6ccccc6c5)nc4)ccc4ccc2c1c43. The van der Waals surface area contributed by atoms with E-state index in [1.165, 1.54) is 192 Å². The average Bonchev–Trinajstić information content (AvgIpc) is 1.59. The molecular formula is C123H88N6. The smallest absolute Gasteiger partial charge is 0.0718 e. The third-order valence-electron chi connectivity index (χ3n) is 28.9. The van der Waals surface area contributed by atoms with Gasteiger partial charge in [0.15, 0.2) is 0 Å². The minimum atomic E-state index is -0.174. The van der Waals surface area contributed by atoms with E-state index >= 15 is 0 Å². The highest BCUT2D eigenvalue weighted by atomic mass is 15.1. The molecule has 6 heteroatoms. The number of pyridine rings is 4. The van der Waals surface area contributed by atoms with E-state index in [1.54, 1.807) is 0 Å². The molecule has 0 amide bonds. The quantitative estimate of drug-likeness (QED) is 0.127. The van der Waals surface area contributed by atoms with Crippen LogP contribution < -0.4 is 9.80 Å². The van der Waals surface area contributed by atoms with E-state index < -0.39 is 0 Å². The second-order valence-electron chi connectivity index (χ2n) is 37.1. The molecule has 18 aromatic carbocycles. The van der Waals surface area contributed by atoms with Crippen molar-refractivity contribution >= 4 is 132 Å². The lowest BCUT2D eigenvalue weighted by Gasteiger charge is -2.30. The lowest BCUT2D eigenvalue weighted by atomic mass is 9.73. The van der Waals surface area contributed by atoms with Gasteiger partial charge in [-0.15, -0.1) is 0 Å². The molecule has 0 fully saturated rings. The van der Waals surface area contributed by atoms with Crippen LogP contribution in [0.5, 0.6) is 0 Å². The fourth-order valence-corrected chi connectivity index (χ4v) is 22.7. The molecule has 1 atom stereocenters. The number of anilines is 6. The van der Waals surface area contributed by atoms with Crippen LogP contribution in [0.2, 0.25) is 0 Å². The molecule has 0 bridgehead atoms. The van der Waals surface area contributed by atoms with Gasteiger partial charge in [0, 0.05) is 110 Å². The molecule has 22 aromatic rings. The highest BCUT2D eigenvalue weighted by Gasteiger charge is 2.42. The Morgan fingerprint density at radius 2 is 0.806 bits per heavy atom. The fraction of sp³-hybridized carbons (Fsp3) is 0.0894. The molecule has 5 aliphatic rings. The van der Waals surface area contributed by atoms with Crippen LogP contribution in [0, 0.1) is 0 Å². The van der Waals surface area contributed by atoms with E-state index in [4.69, 9.17) is 4.98 Å². The second-order valence-corrected chi connectivity index (χ2v) is 37.1. The van der Waals surface area contributed by atoms with Crippen molar-refractivity contribution in [3.05, 3.63) is 457 Å². The van der Waals surface area contributed by atoms with Crippen LogP contribution in [0.25, 0.3) is 165 Å². The molecule has 0 radical (unpaired) electrons. The molecule has 0 saturated carbocycles. The highest BCUT2D eigenvalue weighted by Crippen LogP contribution is 2.60. The van der Waals surface area contributed by atoms with E-state index in [1.807, 2.05) is 67.5 Å². The summed E-state index contributed by atoms with van der Waals surface area (Å²) < 4.78 is 0. The Balaban J connectivity index is 0.000000106. The summed E-state index contributed by atoms with van der Waals surface area (Å²) in [6.07, 6.45) is 19.7. The minimum Gasteiger partial charge on any atom is -0.310 e. The van der Waals surface area contributed by atoms with Crippen LogP contribution in [0.3, 0.4) is 0 Å². The monoisotopic (exact) mass is 1650 g/mol. The van der Waals surface area contributed by atoms with Gasteiger partial charge in [0.25, 0.3) is 0 Å². The standard InChI is InChI=1S/C49H36N2.C39H26N2.C35H26N2/c1-49(2)43-32-39(50(35-15-7-3-8-16-35)36-17-9-4-10-18-36)26-29-40(43)48-42-28-23-33-25-30-45(41-27-24-34(31-44(48)49)47(42)46(33)41)51(37-19-11-5-12-20-37)38-21-13-6-14-22-38;1-39(2)32-9-5-4-8-30(32)38-31-17-12-23-11-15-28(29-16-13-25(20-33(38)39)37(31)36(23)29)26-14-18-35(40-21-26)27-19-24-7-3-6-10-34(24)41-22-27;1-35(2)30-17-22(24-5-3-15-36-19-24)9-13-28(30)34-29-14-8-21-7-11-26(25-6-4-16-37-20-25)27-12-10-23(18-31(34)35)33(29)32(21)27/h3-32H,1-2H3;3-22H,1-2H3;3-9,11-20,26H,10H2,1-2H3. The Morgan fingerprint density at radius 3 is 1.46 bits per heavy atom. The highest BCUT2D eigenvalue weighted by molar-refractivity contribution is 6.30. The molecule has 4 aromatic heterocycles. The minimum absolute atomic E-state index is 0.0183. The van der Waals surface area contributed by atoms with Gasteiger partial charge in [-0.05, 0) is 303 Å². The summed E-state index contributed by atoms with van der Waals surface area (Å²) in [6, 6.07) is 129. The summed E-state index contributed by atoms with van der Waals surface area (Å²) >= 11 is 0. The van der Waals surface area contributed by atoms with Gasteiger partial charge in [-0.1, -0.05) is 296 Å². The van der Waals surface area contributed by atoms with Crippen molar-refractivity contribution in [1.82, 2.24) is 19.9 Å². The van der Waals surface area contributed by atoms with Crippen molar-refractivity contribution in [1.29, 1.82) is 0 Å². The molecule has 610 valence electrons. The number of para-hydroxylation sites is 5. The summed E-state index contributed by atoms with van der Waals surface area (Å²) in [5, 5.41) is 19.7. The Hall–Kier alpha value is -15.8. The number of hydrogen-bond acceptors (Lipinski definition) is 6. The van der Waals surface area contributed by atoms with E-state index in [0.717, 1.165) is 62.5 Å². The first-order chi connectivity index (χ1) is 63.3. The van der Waals surface area contributed by atoms with Crippen LogP contribution in [0.4, 0.5) is 34.1 Å². The van der Waals surface area contributed by atoms with Crippen LogP contribution in [-0.2, 0) is 22.7 Å². The first-order valence-electron chi connectivity index (χ1n) is 45.1.